The fourth-order valence-electron chi connectivity index (χ4n) is 1.47. The number of alkyl carbamates (subject to hydrolysis) is 1. The third kappa shape index (κ3) is 6.03. The molecule has 1 N–H and O–H groups in total. The molecule has 0 unspecified atom stereocenters. The third-order valence-corrected chi connectivity index (χ3v) is 2.28. The van der Waals surface area contributed by atoms with E-state index in [1.807, 2.05) is 44.2 Å². The summed E-state index contributed by atoms with van der Waals surface area (Å²) in [5, 5.41) is 2.45. The summed E-state index contributed by atoms with van der Waals surface area (Å²) in [5.74, 6) is 0.321. The Balaban J connectivity index is 2.20. The van der Waals surface area contributed by atoms with Gasteiger partial charge in [-0.15, -0.1) is 0 Å². The van der Waals surface area contributed by atoms with E-state index in [0.717, 1.165) is 5.56 Å². The SMILES string of the molecule is CC(C)CC(=O)CNC(=O)OCc1ccccc1. The van der Waals surface area contributed by atoms with Gasteiger partial charge in [-0.05, 0) is 11.5 Å². The van der Waals surface area contributed by atoms with Crippen LogP contribution in [0, 0.1) is 5.92 Å². The highest BCUT2D eigenvalue weighted by Crippen LogP contribution is 2.01. The first-order valence-electron chi connectivity index (χ1n) is 6.04. The molecular formula is C14H19NO3. The zero-order valence-corrected chi connectivity index (χ0v) is 10.8. The molecule has 0 aliphatic heterocycles. The second-order valence-electron chi connectivity index (χ2n) is 4.55. The van der Waals surface area contributed by atoms with E-state index in [0.29, 0.717) is 12.3 Å². The van der Waals surface area contributed by atoms with Crippen molar-refractivity contribution in [2.24, 2.45) is 5.92 Å². The first-order chi connectivity index (χ1) is 8.58. The molecule has 18 heavy (non-hydrogen) atoms. The monoisotopic (exact) mass is 249 g/mol. The summed E-state index contributed by atoms with van der Waals surface area (Å²) < 4.78 is 4.98. The van der Waals surface area contributed by atoms with Crippen LogP contribution in [0.2, 0.25) is 0 Å². The molecule has 0 heterocycles. The highest BCUT2D eigenvalue weighted by Gasteiger charge is 2.08. The second kappa shape index (κ2) is 7.48. The number of hydrogen-bond acceptors (Lipinski definition) is 3. The fraction of sp³-hybridized carbons (Fsp3) is 0.429. The molecule has 0 spiro atoms. The highest BCUT2D eigenvalue weighted by molar-refractivity contribution is 5.84. The number of carbonyl (C=O) groups is 2. The van der Waals surface area contributed by atoms with Crippen LogP contribution in [0.15, 0.2) is 30.3 Å². The van der Waals surface area contributed by atoms with E-state index in [2.05, 4.69) is 5.32 Å². The molecule has 0 radical (unpaired) electrons. The van der Waals surface area contributed by atoms with E-state index in [9.17, 15) is 9.59 Å². The molecule has 4 nitrogen and oxygen atoms in total. The van der Waals surface area contributed by atoms with Crippen LogP contribution >= 0.6 is 0 Å². The molecule has 98 valence electrons. The lowest BCUT2D eigenvalue weighted by Crippen LogP contribution is -2.30. The largest absolute Gasteiger partial charge is 0.445 e. The minimum absolute atomic E-state index is 0.0154. The van der Waals surface area contributed by atoms with Crippen LogP contribution in [0.5, 0.6) is 0 Å². The molecule has 0 atom stereocenters. The smallest absolute Gasteiger partial charge is 0.407 e. The predicted molar refractivity (Wildman–Crippen MR) is 69.1 cm³/mol. The van der Waals surface area contributed by atoms with Gasteiger partial charge in [0, 0.05) is 6.42 Å². The maximum absolute atomic E-state index is 11.4. The molecule has 0 saturated carbocycles. The molecular weight excluding hydrogens is 230 g/mol. The highest BCUT2D eigenvalue weighted by atomic mass is 16.5. The number of nitrogens with one attached hydrogen (secondary N) is 1. The van der Waals surface area contributed by atoms with Gasteiger partial charge in [0.2, 0.25) is 0 Å². The van der Waals surface area contributed by atoms with E-state index >= 15 is 0 Å². The Morgan fingerprint density at radius 2 is 1.89 bits per heavy atom. The van der Waals surface area contributed by atoms with Crippen molar-refractivity contribution in [2.75, 3.05) is 6.54 Å². The van der Waals surface area contributed by atoms with Gasteiger partial charge in [-0.3, -0.25) is 4.79 Å². The Morgan fingerprint density at radius 3 is 2.50 bits per heavy atom. The van der Waals surface area contributed by atoms with Crippen molar-refractivity contribution in [3.63, 3.8) is 0 Å². The summed E-state index contributed by atoms with van der Waals surface area (Å²) in [6, 6.07) is 9.40. The molecule has 0 aliphatic carbocycles. The molecule has 4 heteroatoms. The third-order valence-electron chi connectivity index (χ3n) is 2.28. The number of hydrogen-bond donors (Lipinski definition) is 1. The Hall–Kier alpha value is -1.84. The van der Waals surface area contributed by atoms with Crippen LogP contribution in [0.3, 0.4) is 0 Å². The summed E-state index contributed by atoms with van der Waals surface area (Å²) in [6.07, 6.45) is -0.0881. The lowest BCUT2D eigenvalue weighted by Gasteiger charge is -2.07. The standard InChI is InChI=1S/C14H19NO3/c1-11(2)8-13(16)9-15-14(17)18-10-12-6-4-3-5-7-12/h3-7,11H,8-10H2,1-2H3,(H,15,17). The van der Waals surface area contributed by atoms with Gasteiger partial charge in [0.1, 0.15) is 6.61 Å². The molecule has 0 bridgehead atoms. The van der Waals surface area contributed by atoms with Crippen LogP contribution in [-0.2, 0) is 16.1 Å². The van der Waals surface area contributed by atoms with Crippen molar-refractivity contribution in [3.05, 3.63) is 35.9 Å². The van der Waals surface area contributed by atoms with Crippen molar-refractivity contribution in [1.82, 2.24) is 5.32 Å². The van der Waals surface area contributed by atoms with Gasteiger partial charge in [-0.2, -0.15) is 0 Å². The normalized spacial score (nSPS) is 10.2. The van der Waals surface area contributed by atoms with E-state index in [4.69, 9.17) is 4.74 Å². The summed E-state index contributed by atoms with van der Waals surface area (Å²) in [6.45, 7) is 4.17. The minimum Gasteiger partial charge on any atom is -0.445 e. The second-order valence-corrected chi connectivity index (χ2v) is 4.55. The molecule has 0 fully saturated rings. The van der Waals surface area contributed by atoms with Crippen molar-refractivity contribution in [2.45, 2.75) is 26.9 Å². The number of amides is 1. The number of ketones is 1. The molecule has 1 amide bonds. The molecule has 0 aromatic heterocycles. The quantitative estimate of drug-likeness (QED) is 0.842. The maximum Gasteiger partial charge on any atom is 0.407 e. The Morgan fingerprint density at radius 1 is 1.22 bits per heavy atom. The number of rotatable bonds is 6. The first-order valence-corrected chi connectivity index (χ1v) is 6.04. The van der Waals surface area contributed by atoms with Gasteiger partial charge >= 0.3 is 6.09 Å². The van der Waals surface area contributed by atoms with Gasteiger partial charge in [0.25, 0.3) is 0 Å². The average Bonchev–Trinajstić information content (AvgIpc) is 2.34. The maximum atomic E-state index is 11.4. The number of Topliss-reactive ketones (excluding diaryl/α,β-unsaturated/α-hetero) is 1. The average molecular weight is 249 g/mol. The van der Waals surface area contributed by atoms with E-state index < -0.39 is 6.09 Å². The van der Waals surface area contributed by atoms with Gasteiger partial charge in [-0.25, -0.2) is 4.79 Å². The molecule has 0 aliphatic rings. The number of carbonyl (C=O) groups excluding carboxylic acids is 2. The lowest BCUT2D eigenvalue weighted by atomic mass is 10.1. The van der Waals surface area contributed by atoms with Crippen molar-refractivity contribution in [3.8, 4) is 0 Å². The van der Waals surface area contributed by atoms with Crippen LogP contribution in [-0.4, -0.2) is 18.4 Å². The Kier molecular flexibility index (Phi) is 5.91. The topological polar surface area (TPSA) is 55.4 Å². The Labute approximate surface area is 107 Å². The molecule has 0 saturated heterocycles. The number of benzene rings is 1. The van der Waals surface area contributed by atoms with Gasteiger partial charge in [-0.1, -0.05) is 44.2 Å². The number of ether oxygens (including phenoxy) is 1. The molecule has 1 aromatic carbocycles. The van der Waals surface area contributed by atoms with Crippen LogP contribution in [0.25, 0.3) is 0 Å². The van der Waals surface area contributed by atoms with E-state index in [-0.39, 0.29) is 18.9 Å². The summed E-state index contributed by atoms with van der Waals surface area (Å²) in [5.41, 5.74) is 0.918. The van der Waals surface area contributed by atoms with Gasteiger partial charge < -0.3 is 10.1 Å². The van der Waals surface area contributed by atoms with Crippen LogP contribution < -0.4 is 5.32 Å². The van der Waals surface area contributed by atoms with Gasteiger partial charge in [0.15, 0.2) is 5.78 Å². The van der Waals surface area contributed by atoms with Crippen LogP contribution in [0.4, 0.5) is 4.79 Å². The summed E-state index contributed by atoms with van der Waals surface area (Å²) in [4.78, 5) is 22.7. The first kappa shape index (κ1) is 14.2. The molecule has 1 rings (SSSR count). The Bertz CT molecular complexity index is 387. The zero-order valence-electron chi connectivity index (χ0n) is 10.8. The van der Waals surface area contributed by atoms with Crippen molar-refractivity contribution in [1.29, 1.82) is 0 Å². The van der Waals surface area contributed by atoms with Crippen molar-refractivity contribution < 1.29 is 14.3 Å². The van der Waals surface area contributed by atoms with Crippen LogP contribution in [0.1, 0.15) is 25.8 Å². The summed E-state index contributed by atoms with van der Waals surface area (Å²) >= 11 is 0. The van der Waals surface area contributed by atoms with E-state index in [1.165, 1.54) is 0 Å². The molecule has 1 aromatic rings. The zero-order chi connectivity index (χ0) is 13.4. The lowest BCUT2D eigenvalue weighted by molar-refractivity contribution is -0.118. The van der Waals surface area contributed by atoms with Gasteiger partial charge in [0.05, 0.1) is 6.54 Å². The predicted octanol–water partition coefficient (Wildman–Crippen LogP) is 2.53. The minimum atomic E-state index is -0.559. The van der Waals surface area contributed by atoms with Crippen molar-refractivity contribution >= 4 is 11.9 Å². The van der Waals surface area contributed by atoms with E-state index in [1.54, 1.807) is 0 Å². The fourth-order valence-corrected chi connectivity index (χ4v) is 1.47. The summed E-state index contributed by atoms with van der Waals surface area (Å²) in [7, 11) is 0.